The minimum Gasteiger partial charge on any atom is -0.494 e. The van der Waals surface area contributed by atoms with Gasteiger partial charge in [0, 0.05) is 0 Å². The largest absolute Gasteiger partial charge is 0.494 e. The molecule has 0 aliphatic carbocycles. The summed E-state index contributed by atoms with van der Waals surface area (Å²) in [5.41, 5.74) is 6.22. The number of hydrogen-bond acceptors (Lipinski definition) is 2. The Kier molecular flexibility index (Phi) is 14.0. The van der Waals surface area contributed by atoms with Crippen LogP contribution in [0.4, 0.5) is 0 Å². The summed E-state index contributed by atoms with van der Waals surface area (Å²) in [5.74, 6) is 2.42. The van der Waals surface area contributed by atoms with E-state index in [9.17, 15) is 0 Å². The number of ether oxygens (including phenoxy) is 2. The molecule has 0 saturated heterocycles. The van der Waals surface area contributed by atoms with E-state index in [2.05, 4.69) is 94.4 Å². The van der Waals surface area contributed by atoms with E-state index in [1.165, 1.54) is 92.0 Å². The number of unbranched alkanes of at least 4 members (excludes halogenated alkanes) is 10. The third kappa shape index (κ3) is 10.7. The molecule has 0 amide bonds. The molecule has 2 heteroatoms. The zero-order valence-electron chi connectivity index (χ0n) is 25.1. The Morgan fingerprint density at radius 3 is 1.46 bits per heavy atom. The summed E-state index contributed by atoms with van der Waals surface area (Å²) in [4.78, 5) is 0. The fourth-order valence-electron chi connectivity index (χ4n) is 5.05. The van der Waals surface area contributed by atoms with Gasteiger partial charge >= 0.3 is 0 Å². The van der Waals surface area contributed by atoms with Gasteiger partial charge in [-0.2, -0.15) is 0 Å². The second-order valence-corrected chi connectivity index (χ2v) is 11.2. The summed E-state index contributed by atoms with van der Waals surface area (Å²) in [5, 5.41) is 0. The van der Waals surface area contributed by atoms with E-state index in [-0.39, 0.29) is 0 Å². The highest BCUT2D eigenvalue weighted by Crippen LogP contribution is 2.33. The molecule has 2 nitrogen and oxygen atoms in total. The van der Waals surface area contributed by atoms with Crippen molar-refractivity contribution in [1.29, 1.82) is 0 Å². The molecule has 0 bridgehead atoms. The summed E-state index contributed by atoms with van der Waals surface area (Å²) in [6.45, 7) is 10.6. The Labute approximate surface area is 239 Å². The van der Waals surface area contributed by atoms with Gasteiger partial charge in [0.1, 0.15) is 11.5 Å². The van der Waals surface area contributed by atoms with Crippen LogP contribution in [0.25, 0.3) is 22.3 Å². The van der Waals surface area contributed by atoms with Crippen LogP contribution in [0, 0.1) is 0 Å². The lowest BCUT2D eigenvalue weighted by Gasteiger charge is -2.16. The number of rotatable bonds is 19. The van der Waals surface area contributed by atoms with Gasteiger partial charge < -0.3 is 9.47 Å². The van der Waals surface area contributed by atoms with Crippen molar-refractivity contribution >= 4 is 0 Å². The third-order valence-electron chi connectivity index (χ3n) is 7.56. The van der Waals surface area contributed by atoms with Gasteiger partial charge in [0.2, 0.25) is 0 Å². The maximum atomic E-state index is 6.22. The molecule has 0 saturated carbocycles. The van der Waals surface area contributed by atoms with E-state index in [0.29, 0.717) is 5.92 Å². The second-order valence-electron chi connectivity index (χ2n) is 11.2. The summed E-state index contributed by atoms with van der Waals surface area (Å²) in [7, 11) is 0. The van der Waals surface area contributed by atoms with Gasteiger partial charge in [-0.3, -0.25) is 0 Å². The molecule has 3 aromatic carbocycles. The van der Waals surface area contributed by atoms with Crippen LogP contribution in [0.3, 0.4) is 0 Å². The first-order chi connectivity index (χ1) is 19.1. The van der Waals surface area contributed by atoms with Crippen LogP contribution < -0.4 is 9.47 Å². The predicted molar refractivity (Wildman–Crippen MR) is 169 cm³/mol. The normalized spacial score (nSPS) is 11.2. The third-order valence-corrected chi connectivity index (χ3v) is 7.56. The van der Waals surface area contributed by atoms with E-state index in [1.54, 1.807) is 0 Å². The van der Waals surface area contributed by atoms with Crippen LogP contribution in [0.1, 0.15) is 116 Å². The minimum atomic E-state index is 0.422. The molecule has 0 fully saturated rings. The van der Waals surface area contributed by atoms with Gasteiger partial charge in [-0.25, -0.2) is 0 Å². The molecule has 0 aromatic heterocycles. The molecular formula is C37H52O2. The predicted octanol–water partition coefficient (Wildman–Crippen LogP) is 11.6. The van der Waals surface area contributed by atoms with Crippen molar-refractivity contribution < 1.29 is 9.47 Å². The monoisotopic (exact) mass is 528 g/mol. The summed E-state index contributed by atoms with van der Waals surface area (Å²) >= 11 is 0. The quantitative estimate of drug-likeness (QED) is 0.144. The summed E-state index contributed by atoms with van der Waals surface area (Å²) < 4.78 is 12.2. The first-order valence-corrected chi connectivity index (χ1v) is 15.7. The van der Waals surface area contributed by atoms with Crippen LogP contribution in [-0.2, 0) is 0 Å². The minimum absolute atomic E-state index is 0.422. The lowest BCUT2D eigenvalue weighted by Crippen LogP contribution is -2.02. The summed E-state index contributed by atoms with van der Waals surface area (Å²) in [6, 6.07) is 24.1. The van der Waals surface area contributed by atoms with Crippen molar-refractivity contribution in [3.05, 3.63) is 72.3 Å². The molecule has 0 atom stereocenters. The fourth-order valence-corrected chi connectivity index (χ4v) is 5.05. The molecule has 0 aliphatic rings. The highest BCUT2D eigenvalue weighted by molar-refractivity contribution is 5.71. The van der Waals surface area contributed by atoms with E-state index in [0.717, 1.165) is 37.6 Å². The van der Waals surface area contributed by atoms with Crippen molar-refractivity contribution in [2.45, 2.75) is 111 Å². The summed E-state index contributed by atoms with van der Waals surface area (Å²) in [6.07, 6.45) is 15.4. The number of hydrogen-bond donors (Lipinski definition) is 0. The average Bonchev–Trinajstić information content (AvgIpc) is 2.96. The Bertz CT molecular complexity index is 1050. The van der Waals surface area contributed by atoms with Crippen LogP contribution >= 0.6 is 0 Å². The van der Waals surface area contributed by atoms with Gasteiger partial charge in [-0.05, 0) is 70.8 Å². The van der Waals surface area contributed by atoms with E-state index in [1.807, 2.05) is 0 Å². The Balaban J connectivity index is 1.53. The Hall–Kier alpha value is -2.74. The highest BCUT2D eigenvalue weighted by atomic mass is 16.5. The zero-order valence-corrected chi connectivity index (χ0v) is 25.1. The van der Waals surface area contributed by atoms with Gasteiger partial charge in [0.15, 0.2) is 0 Å². The average molecular weight is 529 g/mol. The van der Waals surface area contributed by atoms with E-state index < -0.39 is 0 Å². The molecule has 0 unspecified atom stereocenters. The van der Waals surface area contributed by atoms with E-state index >= 15 is 0 Å². The lowest BCUT2D eigenvalue weighted by atomic mass is 9.95. The van der Waals surface area contributed by atoms with Gasteiger partial charge in [0.05, 0.1) is 13.2 Å². The molecule has 0 N–H and O–H groups in total. The molecule has 3 rings (SSSR count). The topological polar surface area (TPSA) is 18.5 Å². The second kappa shape index (κ2) is 17.8. The molecule has 0 spiro atoms. The Morgan fingerprint density at radius 1 is 0.487 bits per heavy atom. The standard InChI is InChI=1S/C37H52O2/c1-5-7-9-11-13-15-27-38-35-24-21-32(22-25-35)31-17-19-33(20-18-31)34-23-26-37(36(29-34)30(3)4)39-28-16-14-12-10-8-6-2/h17-26,29-30H,5-16,27-28H2,1-4H3. The van der Waals surface area contributed by atoms with Gasteiger partial charge in [0.25, 0.3) is 0 Å². The number of benzene rings is 3. The zero-order chi connectivity index (χ0) is 27.7. The van der Waals surface area contributed by atoms with Crippen molar-refractivity contribution in [2.75, 3.05) is 13.2 Å². The smallest absolute Gasteiger partial charge is 0.122 e. The van der Waals surface area contributed by atoms with Crippen molar-refractivity contribution in [1.82, 2.24) is 0 Å². The van der Waals surface area contributed by atoms with Crippen LogP contribution in [-0.4, -0.2) is 13.2 Å². The van der Waals surface area contributed by atoms with Crippen molar-refractivity contribution in [3.63, 3.8) is 0 Å². The molecular weight excluding hydrogens is 476 g/mol. The van der Waals surface area contributed by atoms with Crippen molar-refractivity contribution in [3.8, 4) is 33.8 Å². The van der Waals surface area contributed by atoms with Crippen LogP contribution in [0.15, 0.2) is 66.7 Å². The molecule has 0 aliphatic heterocycles. The first-order valence-electron chi connectivity index (χ1n) is 15.7. The lowest BCUT2D eigenvalue weighted by molar-refractivity contribution is 0.300. The molecule has 3 aromatic rings. The first kappa shape index (κ1) is 30.8. The maximum Gasteiger partial charge on any atom is 0.122 e. The van der Waals surface area contributed by atoms with Crippen molar-refractivity contribution in [2.24, 2.45) is 0 Å². The maximum absolute atomic E-state index is 6.22. The highest BCUT2D eigenvalue weighted by Gasteiger charge is 2.11. The van der Waals surface area contributed by atoms with Crippen LogP contribution in [0.5, 0.6) is 11.5 Å². The molecule has 0 radical (unpaired) electrons. The molecule has 212 valence electrons. The fraction of sp³-hybridized carbons (Fsp3) is 0.514. The van der Waals surface area contributed by atoms with Crippen LogP contribution in [0.2, 0.25) is 0 Å². The molecule has 39 heavy (non-hydrogen) atoms. The van der Waals surface area contributed by atoms with Gasteiger partial charge in [-0.15, -0.1) is 0 Å². The van der Waals surface area contributed by atoms with E-state index in [4.69, 9.17) is 9.47 Å². The Morgan fingerprint density at radius 2 is 0.923 bits per heavy atom. The van der Waals surface area contributed by atoms with Gasteiger partial charge in [-0.1, -0.05) is 134 Å². The molecule has 0 heterocycles. The SMILES string of the molecule is CCCCCCCCOc1ccc(-c2ccc(-c3ccc(OCCCCCCCC)c(C(C)C)c3)cc2)cc1.